The minimum absolute atomic E-state index is 0.0361. The lowest BCUT2D eigenvalue weighted by molar-refractivity contribution is 0.0185. The summed E-state index contributed by atoms with van der Waals surface area (Å²) < 4.78 is 22.3. The molecule has 0 aromatic carbocycles. The first-order valence-electron chi connectivity index (χ1n) is 44.2. The third-order valence-electron chi connectivity index (χ3n) is 18.4. The number of nitrogens with one attached hydrogen (secondary N) is 1. The first-order valence-corrected chi connectivity index (χ1v) is 44.2. The summed E-state index contributed by atoms with van der Waals surface area (Å²) in [5, 5.41) is 2.69. The minimum Gasteiger partial charge on any atom is -0.449 e. The van der Waals surface area contributed by atoms with Crippen molar-refractivity contribution in [2.24, 2.45) is 5.73 Å². The lowest BCUT2D eigenvalue weighted by Gasteiger charge is -2.28. The van der Waals surface area contributed by atoms with Gasteiger partial charge in [-0.3, -0.25) is 0 Å². The van der Waals surface area contributed by atoms with Crippen LogP contribution in [0.4, 0.5) is 19.2 Å². The van der Waals surface area contributed by atoms with Gasteiger partial charge in [0.1, 0.15) is 17.8 Å². The highest BCUT2D eigenvalue weighted by Crippen LogP contribution is 2.17. The van der Waals surface area contributed by atoms with Gasteiger partial charge in [0.15, 0.2) is 0 Å². The van der Waals surface area contributed by atoms with E-state index in [9.17, 15) is 19.2 Å². The number of unbranched alkanes of at least 4 members (excludes halogenated alkanes) is 38. The predicted octanol–water partition coefficient (Wildman–Crippen LogP) is 28.0. The van der Waals surface area contributed by atoms with Crippen molar-refractivity contribution < 1.29 is 38.1 Å². The van der Waals surface area contributed by atoms with Crippen LogP contribution in [0.1, 0.15) is 397 Å². The number of carbonyl (C=O) groups is 4. The highest BCUT2D eigenvalue weighted by molar-refractivity contribution is 5.70. The summed E-state index contributed by atoms with van der Waals surface area (Å²) in [5.74, 6) is 0. The Morgan fingerprint density at radius 3 is 0.821 bits per heavy atom. The van der Waals surface area contributed by atoms with Crippen molar-refractivity contribution in [1.29, 1.82) is 0 Å². The predicted molar refractivity (Wildman–Crippen MR) is 458 cm³/mol. The monoisotopic (exact) mass is 1490 g/mol. The first-order chi connectivity index (χ1) is 51.5. The Labute approximate surface area is 655 Å². The fourth-order valence-corrected chi connectivity index (χ4v) is 12.0. The van der Waals surface area contributed by atoms with Crippen LogP contribution in [0.5, 0.6) is 0 Å². The second-order valence-corrected chi connectivity index (χ2v) is 31.3. The summed E-state index contributed by atoms with van der Waals surface area (Å²) >= 11 is 0. The van der Waals surface area contributed by atoms with E-state index in [0.29, 0.717) is 26.2 Å². The number of hydrogen-bond acceptors (Lipinski definition) is 9. The van der Waals surface area contributed by atoms with Crippen molar-refractivity contribution in [2.45, 2.75) is 408 Å². The number of carbonyl (C=O) groups excluding carboxylic acids is 4. The summed E-state index contributed by atoms with van der Waals surface area (Å²) in [5.41, 5.74) is 4.28. The molecule has 0 heterocycles. The molecular formula is C93H171N5O8. The Morgan fingerprint density at radius 1 is 0.283 bits per heavy atom. The van der Waals surface area contributed by atoms with Gasteiger partial charge in [-0.2, -0.15) is 0 Å². The molecule has 0 aliphatic rings. The summed E-state index contributed by atoms with van der Waals surface area (Å²) in [6, 6.07) is 0. The smallest absolute Gasteiger partial charge is 0.410 e. The molecule has 0 saturated heterocycles. The molecule has 13 heteroatoms. The molecule has 106 heavy (non-hydrogen) atoms. The fraction of sp³-hybridized carbons (Fsp3) is 0.785. The molecule has 0 spiro atoms. The van der Waals surface area contributed by atoms with Gasteiger partial charge in [0.2, 0.25) is 0 Å². The molecule has 13 nitrogen and oxygen atoms in total. The number of rotatable bonds is 71. The zero-order valence-corrected chi connectivity index (χ0v) is 71.1. The summed E-state index contributed by atoms with van der Waals surface area (Å²) in [6.07, 6.45) is 96.5. The Hall–Kier alpha value is -5.04. The van der Waals surface area contributed by atoms with Crippen LogP contribution in [0.3, 0.4) is 0 Å². The lowest BCUT2D eigenvalue weighted by atomic mass is 10.1. The molecule has 0 bridgehead atoms. The topological polar surface area (TPSA) is 153 Å². The molecule has 0 rings (SSSR count). The molecular weight excluding hydrogens is 1320 g/mol. The quantitative estimate of drug-likeness (QED) is 0.0344. The largest absolute Gasteiger partial charge is 0.449 e. The molecule has 0 aromatic rings. The van der Waals surface area contributed by atoms with E-state index in [1.165, 1.54) is 236 Å². The molecule has 0 aromatic heterocycles. The number of amides is 4. The fourth-order valence-electron chi connectivity index (χ4n) is 12.0. The number of allylic oxidation sites excluding steroid dienone is 16. The maximum atomic E-state index is 13.4. The highest BCUT2D eigenvalue weighted by atomic mass is 16.6. The van der Waals surface area contributed by atoms with Crippen LogP contribution >= 0.6 is 0 Å². The van der Waals surface area contributed by atoms with Gasteiger partial charge in [-0.15, -0.1) is 0 Å². The summed E-state index contributed by atoms with van der Waals surface area (Å²) in [6.45, 7) is 24.6. The minimum atomic E-state index is -0.689. The van der Waals surface area contributed by atoms with Gasteiger partial charge in [-0.05, 0) is 221 Å². The van der Waals surface area contributed by atoms with Crippen molar-refractivity contribution >= 4 is 24.4 Å². The van der Waals surface area contributed by atoms with Crippen molar-refractivity contribution in [3.05, 3.63) is 97.2 Å². The van der Waals surface area contributed by atoms with Crippen LogP contribution in [-0.2, 0) is 18.9 Å². The second kappa shape index (κ2) is 81.0. The van der Waals surface area contributed by atoms with Crippen molar-refractivity contribution in [3.63, 3.8) is 0 Å². The van der Waals surface area contributed by atoms with Crippen LogP contribution in [0.2, 0.25) is 0 Å². The van der Waals surface area contributed by atoms with Gasteiger partial charge in [0, 0.05) is 39.3 Å². The Kier molecular flexibility index (Phi) is 78.7. The highest BCUT2D eigenvalue weighted by Gasteiger charge is 2.24. The standard InChI is InChI=1S/C51H93N3O6.C42H78N2O2/c1-9-11-13-15-17-19-21-23-25-27-29-31-33-35-37-39-42-53(43-40-38-36-34-32-30-28-26-24-22-20-18-16-14-12-10-2)48(56)58-46-45-54(49(57)60-51(6,7)8)44-41-52-47(55)59-50(3,4)5;1-3-5-7-9-11-13-15-17-19-21-23-25-27-29-31-35-39-44(42(45)46-41-37-33-34-38-43)40-36-32-30-28-26-24-22-20-18-16-14-12-10-8-6-4-2/h17-20,23-26H,9-16,21-22,27-46H2,1-8H3,(H,52,55);11-14,17-20H,3-10,15-16,21-41,43H2,1-2H3/b19-17-,20-18-,25-23-,26-24-;13-11-,14-12-,19-17-,20-18-. The van der Waals surface area contributed by atoms with E-state index in [1.807, 2.05) is 30.6 Å². The van der Waals surface area contributed by atoms with Crippen molar-refractivity contribution in [2.75, 3.05) is 65.6 Å². The third-order valence-corrected chi connectivity index (χ3v) is 18.4. The van der Waals surface area contributed by atoms with E-state index < -0.39 is 23.4 Å². The van der Waals surface area contributed by atoms with Crippen LogP contribution in [0, 0.1) is 0 Å². The normalized spacial score (nSPS) is 12.2. The van der Waals surface area contributed by atoms with E-state index in [1.54, 1.807) is 20.8 Å². The zero-order valence-electron chi connectivity index (χ0n) is 71.1. The van der Waals surface area contributed by atoms with Gasteiger partial charge in [-0.25, -0.2) is 19.2 Å². The Balaban J connectivity index is 0. The van der Waals surface area contributed by atoms with Gasteiger partial charge >= 0.3 is 24.4 Å². The Bertz CT molecular complexity index is 2090. The van der Waals surface area contributed by atoms with E-state index in [4.69, 9.17) is 24.7 Å². The second-order valence-electron chi connectivity index (χ2n) is 31.3. The van der Waals surface area contributed by atoms with Crippen molar-refractivity contribution in [1.82, 2.24) is 20.0 Å². The molecule has 0 unspecified atom stereocenters. The molecule has 616 valence electrons. The number of ether oxygens (including phenoxy) is 4. The van der Waals surface area contributed by atoms with Gasteiger partial charge in [0.25, 0.3) is 0 Å². The maximum Gasteiger partial charge on any atom is 0.410 e. The SMILES string of the molecule is CCCCC/C=C\C/C=C\CCCCCCCCN(CCCCCCCC/C=C\C/C=C\CCCCC)C(=O)OCCCCCN.CCCCC/C=C\C/C=C\CCCCCCCCN(CCCCCCCC/C=C\C/C=C\CCCCC)C(=O)OCCN(CCNC(=O)OC(C)(C)C)C(=O)OC(C)(C)C. The van der Waals surface area contributed by atoms with Crippen LogP contribution in [0.25, 0.3) is 0 Å². The van der Waals surface area contributed by atoms with Gasteiger partial charge < -0.3 is 44.7 Å². The van der Waals surface area contributed by atoms with Crippen LogP contribution in [0.15, 0.2) is 97.2 Å². The number of nitrogens with zero attached hydrogens (tertiary/aromatic N) is 3. The van der Waals surface area contributed by atoms with Gasteiger partial charge in [-0.1, -0.05) is 279 Å². The van der Waals surface area contributed by atoms with Crippen LogP contribution in [-0.4, -0.2) is 116 Å². The average Bonchev–Trinajstić information content (AvgIpc) is 0.911. The summed E-state index contributed by atoms with van der Waals surface area (Å²) in [7, 11) is 0. The molecule has 0 radical (unpaired) electrons. The molecule has 3 N–H and O–H groups in total. The number of alkyl carbamates (subject to hydrolysis) is 1. The molecule has 0 aliphatic carbocycles. The first kappa shape index (κ1) is 103. The average molecular weight is 1490 g/mol. The van der Waals surface area contributed by atoms with E-state index in [-0.39, 0.29) is 38.4 Å². The molecule has 0 saturated carbocycles. The van der Waals surface area contributed by atoms with Gasteiger partial charge in [0.05, 0.1) is 13.2 Å². The van der Waals surface area contributed by atoms with E-state index in [2.05, 4.69) is 130 Å². The number of nitrogens with two attached hydrogens (primary N) is 1. The van der Waals surface area contributed by atoms with E-state index >= 15 is 0 Å². The Morgan fingerprint density at radius 2 is 0.538 bits per heavy atom. The van der Waals surface area contributed by atoms with E-state index in [0.717, 1.165) is 109 Å². The maximum absolute atomic E-state index is 13.4. The molecule has 0 fully saturated rings. The molecule has 0 aliphatic heterocycles. The molecule has 4 amide bonds. The van der Waals surface area contributed by atoms with Crippen molar-refractivity contribution in [3.8, 4) is 0 Å². The van der Waals surface area contributed by atoms with Crippen LogP contribution < -0.4 is 11.1 Å². The lowest BCUT2D eigenvalue weighted by Crippen LogP contribution is -2.44. The molecule has 0 atom stereocenters. The number of hydrogen-bond donors (Lipinski definition) is 2. The zero-order chi connectivity index (χ0) is 78.0. The summed E-state index contributed by atoms with van der Waals surface area (Å²) in [4.78, 5) is 56.7. The third kappa shape index (κ3) is 81.5.